The molecule has 0 aliphatic rings. The minimum atomic E-state index is -4.47. The van der Waals surface area contributed by atoms with E-state index in [4.69, 9.17) is 16.0 Å². The van der Waals surface area contributed by atoms with Crippen LogP contribution in [0.4, 0.5) is 5.69 Å². The molecule has 0 heterocycles. The molecule has 0 atom stereocenters. The molecule has 0 radical (unpaired) electrons. The highest BCUT2D eigenvalue weighted by Crippen LogP contribution is 2.30. The van der Waals surface area contributed by atoms with E-state index in [9.17, 15) is 13.5 Å². The molecule has 0 bridgehead atoms. The molecule has 15 heavy (non-hydrogen) atoms. The molecule has 0 spiro atoms. The highest BCUT2D eigenvalue weighted by Gasteiger charge is 2.18. The van der Waals surface area contributed by atoms with E-state index in [1.807, 2.05) is 0 Å². The third-order valence-electron chi connectivity index (χ3n) is 1.88. The SMILES string of the molecule is NCCc1cc(N)c(O)c(S(=O)(=O)O)c1. The summed E-state index contributed by atoms with van der Waals surface area (Å²) in [6.45, 7) is 0.315. The molecule has 0 amide bonds. The van der Waals surface area contributed by atoms with Gasteiger partial charge in [0.15, 0.2) is 5.75 Å². The predicted molar refractivity (Wildman–Crippen MR) is 55.1 cm³/mol. The summed E-state index contributed by atoms with van der Waals surface area (Å²) in [7, 11) is -4.47. The smallest absolute Gasteiger partial charge is 0.298 e. The van der Waals surface area contributed by atoms with Crippen molar-refractivity contribution in [2.75, 3.05) is 12.3 Å². The number of rotatable bonds is 3. The van der Waals surface area contributed by atoms with E-state index in [0.29, 0.717) is 18.5 Å². The van der Waals surface area contributed by atoms with Gasteiger partial charge in [0.1, 0.15) is 4.90 Å². The third kappa shape index (κ3) is 2.58. The Bertz CT molecular complexity index is 470. The molecule has 0 fully saturated rings. The van der Waals surface area contributed by atoms with Gasteiger partial charge in [0.2, 0.25) is 0 Å². The van der Waals surface area contributed by atoms with Crippen molar-refractivity contribution in [1.29, 1.82) is 0 Å². The van der Waals surface area contributed by atoms with E-state index in [-0.39, 0.29) is 5.69 Å². The molecule has 84 valence electrons. The molecule has 1 rings (SSSR count). The van der Waals surface area contributed by atoms with E-state index in [1.165, 1.54) is 6.07 Å². The number of nitrogen functional groups attached to an aromatic ring is 1. The summed E-state index contributed by atoms with van der Waals surface area (Å²) in [6, 6.07) is 2.56. The molecule has 1 aromatic carbocycles. The molecule has 0 unspecified atom stereocenters. The summed E-state index contributed by atoms with van der Waals surface area (Å²) >= 11 is 0. The summed E-state index contributed by atoms with van der Waals surface area (Å²) in [5.74, 6) is -0.640. The Morgan fingerprint density at radius 1 is 1.33 bits per heavy atom. The van der Waals surface area contributed by atoms with Crippen LogP contribution in [0, 0.1) is 0 Å². The van der Waals surface area contributed by atoms with Crippen molar-refractivity contribution in [1.82, 2.24) is 0 Å². The average Bonchev–Trinajstić information content (AvgIpc) is 2.09. The number of nitrogens with two attached hydrogens (primary N) is 2. The van der Waals surface area contributed by atoms with Gasteiger partial charge in [-0.15, -0.1) is 0 Å². The van der Waals surface area contributed by atoms with Crippen LogP contribution in [0.15, 0.2) is 17.0 Å². The highest BCUT2D eigenvalue weighted by atomic mass is 32.2. The molecule has 0 aliphatic heterocycles. The quantitative estimate of drug-likeness (QED) is 0.322. The van der Waals surface area contributed by atoms with Gasteiger partial charge in [-0.1, -0.05) is 0 Å². The second-order valence-electron chi connectivity index (χ2n) is 3.05. The molecule has 6 N–H and O–H groups in total. The lowest BCUT2D eigenvalue weighted by atomic mass is 10.1. The van der Waals surface area contributed by atoms with Crippen LogP contribution in [0.25, 0.3) is 0 Å². The molecule has 0 saturated carbocycles. The highest BCUT2D eigenvalue weighted by molar-refractivity contribution is 7.86. The van der Waals surface area contributed by atoms with Crippen LogP contribution in [0.2, 0.25) is 0 Å². The van der Waals surface area contributed by atoms with E-state index >= 15 is 0 Å². The number of benzene rings is 1. The second-order valence-corrected chi connectivity index (χ2v) is 4.44. The molecule has 1 aromatic rings. The minimum Gasteiger partial charge on any atom is -0.504 e. The summed E-state index contributed by atoms with van der Waals surface area (Å²) in [5.41, 5.74) is 11.1. The lowest BCUT2D eigenvalue weighted by Crippen LogP contribution is -2.06. The van der Waals surface area contributed by atoms with E-state index in [0.717, 1.165) is 6.07 Å². The number of hydrogen-bond acceptors (Lipinski definition) is 5. The van der Waals surface area contributed by atoms with Crippen LogP contribution < -0.4 is 11.5 Å². The zero-order chi connectivity index (χ0) is 11.6. The Morgan fingerprint density at radius 3 is 2.40 bits per heavy atom. The van der Waals surface area contributed by atoms with Gasteiger partial charge in [-0.2, -0.15) is 8.42 Å². The lowest BCUT2D eigenvalue weighted by molar-refractivity contribution is 0.445. The average molecular weight is 232 g/mol. The Labute approximate surface area is 87.3 Å². The summed E-state index contributed by atoms with van der Waals surface area (Å²) in [4.78, 5) is -0.592. The molecular formula is C8H12N2O4S. The zero-order valence-electron chi connectivity index (χ0n) is 7.84. The largest absolute Gasteiger partial charge is 0.504 e. The number of phenols is 1. The van der Waals surface area contributed by atoms with Gasteiger partial charge in [0.25, 0.3) is 10.1 Å². The first-order valence-corrected chi connectivity index (χ1v) is 5.59. The van der Waals surface area contributed by atoms with Crippen molar-refractivity contribution < 1.29 is 18.1 Å². The van der Waals surface area contributed by atoms with Crippen molar-refractivity contribution in [3.8, 4) is 5.75 Å². The van der Waals surface area contributed by atoms with Gasteiger partial charge in [0.05, 0.1) is 5.69 Å². The zero-order valence-corrected chi connectivity index (χ0v) is 8.66. The van der Waals surface area contributed by atoms with E-state index in [1.54, 1.807) is 0 Å². The summed E-state index contributed by atoms with van der Waals surface area (Å²) in [5, 5.41) is 9.33. The van der Waals surface area contributed by atoms with Gasteiger partial charge < -0.3 is 16.6 Å². The fraction of sp³-hybridized carbons (Fsp3) is 0.250. The Balaban J connectivity index is 3.38. The van der Waals surface area contributed by atoms with Crippen molar-refractivity contribution in [3.05, 3.63) is 17.7 Å². The van der Waals surface area contributed by atoms with Crippen LogP contribution in [-0.2, 0) is 16.5 Å². The van der Waals surface area contributed by atoms with Gasteiger partial charge in [0, 0.05) is 0 Å². The molecule has 7 heteroatoms. The van der Waals surface area contributed by atoms with Crippen LogP contribution in [-0.4, -0.2) is 24.6 Å². The van der Waals surface area contributed by atoms with Crippen molar-refractivity contribution in [2.24, 2.45) is 5.73 Å². The lowest BCUT2D eigenvalue weighted by Gasteiger charge is -2.07. The number of hydrogen-bond donors (Lipinski definition) is 4. The van der Waals surface area contributed by atoms with Gasteiger partial charge in [-0.05, 0) is 30.7 Å². The summed E-state index contributed by atoms with van der Waals surface area (Å²) < 4.78 is 30.6. The first-order valence-electron chi connectivity index (χ1n) is 4.15. The third-order valence-corrected chi connectivity index (χ3v) is 2.74. The first-order chi connectivity index (χ1) is 6.86. The van der Waals surface area contributed by atoms with Crippen LogP contribution in [0.1, 0.15) is 5.56 Å². The molecular weight excluding hydrogens is 220 g/mol. The maximum absolute atomic E-state index is 10.9. The Kier molecular flexibility index (Phi) is 3.18. The van der Waals surface area contributed by atoms with Crippen LogP contribution in [0.5, 0.6) is 5.75 Å². The van der Waals surface area contributed by atoms with Gasteiger partial charge >= 0.3 is 0 Å². The molecule has 0 aromatic heterocycles. The molecule has 6 nitrogen and oxygen atoms in total. The Morgan fingerprint density at radius 2 is 1.93 bits per heavy atom. The fourth-order valence-electron chi connectivity index (χ4n) is 1.20. The normalized spacial score (nSPS) is 11.6. The van der Waals surface area contributed by atoms with E-state index in [2.05, 4.69) is 0 Å². The maximum atomic E-state index is 10.9. The van der Waals surface area contributed by atoms with Crippen molar-refractivity contribution in [3.63, 3.8) is 0 Å². The van der Waals surface area contributed by atoms with Crippen LogP contribution in [0.3, 0.4) is 0 Å². The second kappa shape index (κ2) is 4.05. The predicted octanol–water partition coefficient (Wildman–Crippen LogP) is -0.278. The first kappa shape index (κ1) is 11.8. The molecule has 0 aliphatic carbocycles. The van der Waals surface area contributed by atoms with Gasteiger partial charge in [-0.25, -0.2) is 0 Å². The van der Waals surface area contributed by atoms with E-state index < -0.39 is 20.8 Å². The topological polar surface area (TPSA) is 127 Å². The van der Waals surface area contributed by atoms with Gasteiger partial charge in [-0.3, -0.25) is 4.55 Å². The standard InChI is InChI=1S/C8H12N2O4S/c9-2-1-5-3-6(10)8(11)7(4-5)15(12,13)14/h3-4,11H,1-2,9-10H2,(H,12,13,14). The number of aromatic hydroxyl groups is 1. The number of anilines is 1. The fourth-order valence-corrected chi connectivity index (χ4v) is 1.86. The maximum Gasteiger partial charge on any atom is 0.298 e. The Hall–Kier alpha value is -1.31. The summed E-state index contributed by atoms with van der Waals surface area (Å²) in [6.07, 6.45) is 0.410. The molecule has 0 saturated heterocycles. The van der Waals surface area contributed by atoms with Crippen LogP contribution >= 0.6 is 0 Å². The minimum absolute atomic E-state index is 0.103. The number of phenolic OH excluding ortho intramolecular Hbond substituents is 1. The monoisotopic (exact) mass is 232 g/mol. The van der Waals surface area contributed by atoms with Crippen molar-refractivity contribution in [2.45, 2.75) is 11.3 Å². The van der Waals surface area contributed by atoms with Crippen molar-refractivity contribution >= 4 is 15.8 Å².